The molecule has 0 unspecified atom stereocenters. The Labute approximate surface area is 180 Å². The van der Waals surface area contributed by atoms with Crippen molar-refractivity contribution in [3.05, 3.63) is 52.8 Å². The zero-order valence-corrected chi connectivity index (χ0v) is 19.2. The monoisotopic (exact) mass is 445 g/mol. The largest absolute Gasteiger partial charge is 0.496 e. The number of aryl methyl sites for hydroxylation is 1. The number of halogens is 2. The van der Waals surface area contributed by atoms with Gasteiger partial charge >= 0.3 is 0 Å². The highest BCUT2D eigenvalue weighted by molar-refractivity contribution is 7.70. The molecule has 2 aromatic carbocycles. The first-order valence-corrected chi connectivity index (χ1v) is 12.8. The Morgan fingerprint density at radius 2 is 1.97 bits per heavy atom. The normalized spacial score (nSPS) is 16.2. The van der Waals surface area contributed by atoms with Crippen LogP contribution in [0.3, 0.4) is 0 Å². The van der Waals surface area contributed by atoms with Crippen molar-refractivity contribution < 1.29 is 18.1 Å². The summed E-state index contributed by atoms with van der Waals surface area (Å²) in [6, 6.07) is 8.42. The molecule has 1 aromatic heterocycles. The number of ether oxygens (including phenoxy) is 1. The number of aromatic nitrogens is 2. The highest BCUT2D eigenvalue weighted by Crippen LogP contribution is 2.44. The van der Waals surface area contributed by atoms with Gasteiger partial charge in [-0.15, -0.1) is 0 Å². The van der Waals surface area contributed by atoms with Crippen LogP contribution in [-0.2, 0) is 16.9 Å². The molecule has 4 rings (SSSR count). The van der Waals surface area contributed by atoms with Crippen molar-refractivity contribution in [2.24, 2.45) is 0 Å². The van der Waals surface area contributed by atoms with E-state index in [1.54, 1.807) is 39.5 Å². The van der Waals surface area contributed by atoms with Crippen LogP contribution in [0.2, 0.25) is 0 Å². The van der Waals surface area contributed by atoms with Crippen molar-refractivity contribution in [2.45, 2.75) is 38.7 Å². The first-order valence-electron chi connectivity index (χ1n) is 10.2. The number of rotatable bonds is 5. The van der Waals surface area contributed by atoms with Crippen LogP contribution >= 0.6 is 7.14 Å². The van der Waals surface area contributed by atoms with Crippen LogP contribution in [0.25, 0.3) is 10.9 Å². The molecule has 0 amide bonds. The molecule has 1 atom stereocenters. The Bertz CT molecular complexity index is 1220. The first-order chi connectivity index (χ1) is 14.5. The zero-order chi connectivity index (χ0) is 22.6. The van der Waals surface area contributed by atoms with Gasteiger partial charge < -0.3 is 14.6 Å². The summed E-state index contributed by atoms with van der Waals surface area (Å²) >= 11 is 0. The van der Waals surface area contributed by atoms with Crippen molar-refractivity contribution in [1.29, 1.82) is 0 Å². The molecule has 1 aliphatic rings. The minimum atomic E-state index is -2.78. The van der Waals surface area contributed by atoms with E-state index in [-0.39, 0.29) is 18.0 Å². The van der Waals surface area contributed by atoms with Gasteiger partial charge in [-0.3, -0.25) is 0 Å². The van der Waals surface area contributed by atoms with Gasteiger partial charge in [0.05, 0.1) is 24.0 Å². The summed E-state index contributed by atoms with van der Waals surface area (Å²) in [4.78, 5) is 9.07. The second-order valence-electron chi connectivity index (χ2n) is 8.46. The van der Waals surface area contributed by atoms with E-state index in [2.05, 4.69) is 15.3 Å². The fourth-order valence-electron chi connectivity index (χ4n) is 4.29. The van der Waals surface area contributed by atoms with E-state index in [1.165, 1.54) is 6.07 Å². The lowest BCUT2D eigenvalue weighted by Gasteiger charge is -2.21. The molecule has 31 heavy (non-hydrogen) atoms. The Kier molecular flexibility index (Phi) is 5.29. The van der Waals surface area contributed by atoms with Crippen LogP contribution in [0.4, 0.5) is 14.6 Å². The smallest absolute Gasteiger partial charge is 0.273 e. The maximum absolute atomic E-state index is 14.2. The highest BCUT2D eigenvalue weighted by atomic mass is 31.2. The topological polar surface area (TPSA) is 64.1 Å². The number of hydrogen-bond donors (Lipinski definition) is 1. The average Bonchev–Trinajstić information content (AvgIpc) is 3.01. The Morgan fingerprint density at radius 3 is 2.65 bits per heavy atom. The molecule has 1 aliphatic carbocycles. The van der Waals surface area contributed by atoms with Crippen molar-refractivity contribution >= 4 is 29.2 Å². The molecule has 164 valence electrons. The van der Waals surface area contributed by atoms with Crippen LogP contribution in [0, 0.1) is 6.92 Å². The van der Waals surface area contributed by atoms with Gasteiger partial charge in [-0.1, -0.05) is 18.2 Å². The van der Waals surface area contributed by atoms with E-state index in [0.717, 1.165) is 10.9 Å². The van der Waals surface area contributed by atoms with Gasteiger partial charge in [-0.05, 0) is 50.8 Å². The standard InChI is InChI=1S/C23H26F2N3O2P/c1-13(15-7-6-8-18-16(15)9-10-23(18,24)25)26-22-17-11-21(31(4,5)29)20(30-3)12-19(17)27-14(2)28-22/h6-8,11-13H,9-10H2,1-5H3,(H,26,27,28)/t13-/m1/s1. The fraction of sp³-hybridized carbons (Fsp3) is 0.391. The molecule has 1 N–H and O–H groups in total. The molecule has 0 spiro atoms. The molecule has 0 bridgehead atoms. The third kappa shape index (κ3) is 3.91. The number of alkyl halides is 2. The molecule has 0 saturated carbocycles. The van der Waals surface area contributed by atoms with Gasteiger partial charge in [0.1, 0.15) is 24.5 Å². The average molecular weight is 445 g/mol. The van der Waals surface area contributed by atoms with Crippen molar-refractivity contribution in [2.75, 3.05) is 25.8 Å². The third-order valence-electron chi connectivity index (χ3n) is 5.80. The number of nitrogens with one attached hydrogen (secondary N) is 1. The van der Waals surface area contributed by atoms with E-state index in [4.69, 9.17) is 4.74 Å². The van der Waals surface area contributed by atoms with Crippen LogP contribution in [0.15, 0.2) is 30.3 Å². The summed E-state index contributed by atoms with van der Waals surface area (Å²) in [5.41, 5.74) is 2.33. The van der Waals surface area contributed by atoms with Gasteiger partial charge in [0, 0.05) is 23.4 Å². The second kappa shape index (κ2) is 7.56. The van der Waals surface area contributed by atoms with E-state index < -0.39 is 13.1 Å². The lowest BCUT2D eigenvalue weighted by atomic mass is 9.97. The Morgan fingerprint density at radius 1 is 1.23 bits per heavy atom. The molecule has 8 heteroatoms. The summed E-state index contributed by atoms with van der Waals surface area (Å²) in [7, 11) is -1.07. The maximum atomic E-state index is 14.2. The third-order valence-corrected chi connectivity index (χ3v) is 7.31. The van der Waals surface area contributed by atoms with E-state index >= 15 is 0 Å². The van der Waals surface area contributed by atoms with Crippen LogP contribution in [0.5, 0.6) is 5.75 Å². The van der Waals surface area contributed by atoms with Crippen molar-refractivity contribution in [3.8, 4) is 5.75 Å². The Balaban J connectivity index is 1.81. The molecule has 0 radical (unpaired) electrons. The molecule has 0 fully saturated rings. The van der Waals surface area contributed by atoms with Gasteiger partial charge in [-0.2, -0.15) is 0 Å². The molecular formula is C23H26F2N3O2P. The second-order valence-corrected chi connectivity index (χ2v) is 11.6. The summed E-state index contributed by atoms with van der Waals surface area (Å²) in [6.45, 7) is 7.11. The van der Waals surface area contributed by atoms with Crippen LogP contribution in [0.1, 0.15) is 41.9 Å². The number of hydrogen-bond acceptors (Lipinski definition) is 5. The summed E-state index contributed by atoms with van der Waals surface area (Å²) in [5, 5.41) is 4.72. The number of anilines is 1. The SMILES string of the molecule is COc1cc2nc(C)nc(N[C@H](C)c3cccc4c3CCC4(F)F)c2cc1P(C)(C)=O. The summed E-state index contributed by atoms with van der Waals surface area (Å²) < 4.78 is 46.7. The summed E-state index contributed by atoms with van der Waals surface area (Å²) in [5.74, 6) is -1.10. The van der Waals surface area contributed by atoms with E-state index in [0.29, 0.717) is 40.2 Å². The van der Waals surface area contributed by atoms with Crippen LogP contribution < -0.4 is 15.4 Å². The molecule has 3 aromatic rings. The Hall–Kier alpha value is -2.53. The number of benzene rings is 2. The van der Waals surface area contributed by atoms with E-state index in [1.807, 2.05) is 19.1 Å². The molecule has 1 heterocycles. The maximum Gasteiger partial charge on any atom is 0.273 e. The van der Waals surface area contributed by atoms with Gasteiger partial charge in [0.2, 0.25) is 0 Å². The predicted molar refractivity (Wildman–Crippen MR) is 121 cm³/mol. The first kappa shape index (κ1) is 21.7. The minimum absolute atomic E-state index is 0.118. The lowest BCUT2D eigenvalue weighted by Crippen LogP contribution is -2.14. The molecule has 5 nitrogen and oxygen atoms in total. The highest BCUT2D eigenvalue weighted by Gasteiger charge is 2.40. The lowest BCUT2D eigenvalue weighted by molar-refractivity contribution is -0.00184. The zero-order valence-electron chi connectivity index (χ0n) is 18.3. The number of nitrogens with zero attached hydrogens (tertiary/aromatic N) is 2. The molecule has 0 saturated heterocycles. The van der Waals surface area contributed by atoms with Gasteiger partial charge in [0.15, 0.2) is 0 Å². The van der Waals surface area contributed by atoms with E-state index in [9.17, 15) is 13.3 Å². The fourth-order valence-corrected chi connectivity index (χ4v) is 5.41. The molecule has 0 aliphatic heterocycles. The summed E-state index contributed by atoms with van der Waals surface area (Å²) in [6.07, 6.45) is 0.192. The minimum Gasteiger partial charge on any atom is -0.496 e. The van der Waals surface area contributed by atoms with Gasteiger partial charge in [-0.25, -0.2) is 18.7 Å². The quantitative estimate of drug-likeness (QED) is 0.533. The van der Waals surface area contributed by atoms with Crippen molar-refractivity contribution in [1.82, 2.24) is 9.97 Å². The molecular weight excluding hydrogens is 419 g/mol. The number of fused-ring (bicyclic) bond motifs is 2. The predicted octanol–water partition coefficient (Wildman–Crippen LogP) is 5.41. The van der Waals surface area contributed by atoms with Crippen LogP contribution in [-0.4, -0.2) is 30.4 Å². The van der Waals surface area contributed by atoms with Gasteiger partial charge in [0.25, 0.3) is 5.92 Å². The number of methoxy groups -OCH3 is 1. The van der Waals surface area contributed by atoms with Crippen molar-refractivity contribution in [3.63, 3.8) is 0 Å².